The summed E-state index contributed by atoms with van der Waals surface area (Å²) in [6, 6.07) is 14.8. The van der Waals surface area contributed by atoms with E-state index in [1.165, 1.54) is 19.2 Å². The number of carbonyl (C=O) groups excluding carboxylic acids is 2. The largest absolute Gasteiger partial charge is 0.369 e. The highest BCUT2D eigenvalue weighted by molar-refractivity contribution is 5.97. The van der Waals surface area contributed by atoms with Gasteiger partial charge in [0.15, 0.2) is 0 Å². The zero-order chi connectivity index (χ0) is 19.2. The molecule has 3 rings (SSSR count). The van der Waals surface area contributed by atoms with Crippen LogP contribution in [0.2, 0.25) is 0 Å². The van der Waals surface area contributed by atoms with Gasteiger partial charge in [0.05, 0.1) is 0 Å². The van der Waals surface area contributed by atoms with E-state index in [0.717, 1.165) is 11.3 Å². The molecule has 1 heterocycles. The third-order valence-corrected chi connectivity index (χ3v) is 4.70. The van der Waals surface area contributed by atoms with Gasteiger partial charge in [0.2, 0.25) is 5.91 Å². The van der Waals surface area contributed by atoms with Crippen molar-refractivity contribution in [2.75, 3.05) is 38.1 Å². The first kappa shape index (κ1) is 18.8. The molecule has 142 valence electrons. The van der Waals surface area contributed by atoms with Crippen LogP contribution in [-0.4, -0.2) is 50.1 Å². The SMILES string of the molecule is CNC(=O)NC(=O)[C@H](c1ccccc1)N1CCN(c2ccc(F)cc2)CC1. The van der Waals surface area contributed by atoms with E-state index in [4.69, 9.17) is 0 Å². The van der Waals surface area contributed by atoms with E-state index in [0.29, 0.717) is 26.2 Å². The lowest BCUT2D eigenvalue weighted by Gasteiger charge is -2.39. The molecule has 7 heteroatoms. The Bertz CT molecular complexity index is 774. The lowest BCUT2D eigenvalue weighted by molar-refractivity contribution is -0.125. The van der Waals surface area contributed by atoms with E-state index < -0.39 is 12.1 Å². The van der Waals surface area contributed by atoms with E-state index >= 15 is 0 Å². The van der Waals surface area contributed by atoms with Crippen LogP contribution in [-0.2, 0) is 4.79 Å². The van der Waals surface area contributed by atoms with Gasteiger partial charge >= 0.3 is 6.03 Å². The van der Waals surface area contributed by atoms with Crippen molar-refractivity contribution in [1.29, 1.82) is 0 Å². The van der Waals surface area contributed by atoms with Crippen molar-refractivity contribution in [2.24, 2.45) is 0 Å². The molecule has 2 aromatic carbocycles. The minimum absolute atomic E-state index is 0.257. The maximum absolute atomic E-state index is 13.1. The molecule has 2 N–H and O–H groups in total. The summed E-state index contributed by atoms with van der Waals surface area (Å²) < 4.78 is 13.1. The zero-order valence-corrected chi connectivity index (χ0v) is 15.2. The second kappa shape index (κ2) is 8.64. The smallest absolute Gasteiger partial charge is 0.321 e. The number of piperazine rings is 1. The van der Waals surface area contributed by atoms with Crippen molar-refractivity contribution in [3.05, 3.63) is 66.0 Å². The minimum Gasteiger partial charge on any atom is -0.369 e. The molecule has 1 aliphatic heterocycles. The average molecular weight is 370 g/mol. The second-order valence-electron chi connectivity index (χ2n) is 6.38. The molecule has 0 spiro atoms. The minimum atomic E-state index is -0.543. The molecule has 0 aromatic heterocycles. The summed E-state index contributed by atoms with van der Waals surface area (Å²) in [6.45, 7) is 2.72. The second-order valence-corrected chi connectivity index (χ2v) is 6.38. The lowest BCUT2D eigenvalue weighted by Crippen LogP contribution is -2.52. The molecule has 1 atom stereocenters. The van der Waals surface area contributed by atoms with Gasteiger partial charge in [0.25, 0.3) is 0 Å². The molecule has 0 radical (unpaired) electrons. The number of nitrogens with zero attached hydrogens (tertiary/aromatic N) is 2. The highest BCUT2D eigenvalue weighted by atomic mass is 19.1. The first-order valence-corrected chi connectivity index (χ1v) is 8.90. The number of anilines is 1. The summed E-state index contributed by atoms with van der Waals surface area (Å²) in [5, 5.41) is 4.80. The molecule has 0 unspecified atom stereocenters. The molecule has 3 amide bonds. The van der Waals surface area contributed by atoms with E-state index in [2.05, 4.69) is 20.4 Å². The number of nitrogens with one attached hydrogen (secondary N) is 2. The zero-order valence-electron chi connectivity index (χ0n) is 15.2. The summed E-state index contributed by atoms with van der Waals surface area (Å²) in [5.41, 5.74) is 1.80. The van der Waals surface area contributed by atoms with Gasteiger partial charge in [0.1, 0.15) is 11.9 Å². The molecule has 27 heavy (non-hydrogen) atoms. The van der Waals surface area contributed by atoms with Crippen molar-refractivity contribution in [1.82, 2.24) is 15.5 Å². The van der Waals surface area contributed by atoms with Crippen LogP contribution in [0, 0.1) is 5.82 Å². The summed E-state index contributed by atoms with van der Waals surface area (Å²) in [7, 11) is 1.47. The number of hydrogen-bond acceptors (Lipinski definition) is 4. The number of halogens is 1. The van der Waals surface area contributed by atoms with Gasteiger partial charge in [-0.05, 0) is 29.8 Å². The quantitative estimate of drug-likeness (QED) is 0.866. The number of rotatable bonds is 4. The maximum Gasteiger partial charge on any atom is 0.321 e. The van der Waals surface area contributed by atoms with Gasteiger partial charge in [0, 0.05) is 38.9 Å². The number of imide groups is 1. The van der Waals surface area contributed by atoms with Crippen LogP contribution in [0.15, 0.2) is 54.6 Å². The van der Waals surface area contributed by atoms with Crippen LogP contribution in [0.25, 0.3) is 0 Å². The van der Waals surface area contributed by atoms with Gasteiger partial charge in [-0.1, -0.05) is 30.3 Å². The van der Waals surface area contributed by atoms with Gasteiger partial charge in [-0.25, -0.2) is 9.18 Å². The Morgan fingerprint density at radius 1 is 0.963 bits per heavy atom. The third-order valence-electron chi connectivity index (χ3n) is 4.70. The Labute approximate surface area is 158 Å². The van der Waals surface area contributed by atoms with Crippen molar-refractivity contribution in [2.45, 2.75) is 6.04 Å². The Kier molecular flexibility index (Phi) is 6.03. The highest BCUT2D eigenvalue weighted by Gasteiger charge is 2.31. The molecule has 1 fully saturated rings. The summed E-state index contributed by atoms with van der Waals surface area (Å²) in [5.74, 6) is -0.608. The van der Waals surface area contributed by atoms with Gasteiger partial charge in [-0.15, -0.1) is 0 Å². The maximum atomic E-state index is 13.1. The van der Waals surface area contributed by atoms with Crippen LogP contribution < -0.4 is 15.5 Å². The average Bonchev–Trinajstić information content (AvgIpc) is 2.70. The summed E-state index contributed by atoms with van der Waals surface area (Å²) >= 11 is 0. The van der Waals surface area contributed by atoms with Crippen LogP contribution in [0.4, 0.5) is 14.9 Å². The monoisotopic (exact) mass is 370 g/mol. The first-order chi connectivity index (χ1) is 13.1. The molecule has 0 aliphatic carbocycles. The van der Waals surface area contributed by atoms with E-state index in [9.17, 15) is 14.0 Å². The van der Waals surface area contributed by atoms with Crippen LogP contribution in [0.5, 0.6) is 0 Å². The number of urea groups is 1. The summed E-state index contributed by atoms with van der Waals surface area (Å²) in [4.78, 5) is 28.6. The van der Waals surface area contributed by atoms with E-state index in [1.54, 1.807) is 12.1 Å². The van der Waals surface area contributed by atoms with Gasteiger partial charge in [-0.2, -0.15) is 0 Å². The predicted octanol–water partition coefficient (Wildman–Crippen LogP) is 2.14. The Balaban J connectivity index is 1.73. The van der Waals surface area contributed by atoms with Crippen molar-refractivity contribution in [3.8, 4) is 0 Å². The van der Waals surface area contributed by atoms with Crippen molar-refractivity contribution < 1.29 is 14.0 Å². The molecule has 0 bridgehead atoms. The molecular weight excluding hydrogens is 347 g/mol. The Morgan fingerprint density at radius 3 is 2.19 bits per heavy atom. The lowest BCUT2D eigenvalue weighted by atomic mass is 10.0. The van der Waals surface area contributed by atoms with E-state index in [-0.39, 0.29) is 11.7 Å². The number of carbonyl (C=O) groups is 2. The number of hydrogen-bond donors (Lipinski definition) is 2. The molecule has 2 aromatic rings. The molecule has 1 saturated heterocycles. The normalized spacial score (nSPS) is 15.9. The fourth-order valence-electron chi connectivity index (χ4n) is 3.30. The van der Waals surface area contributed by atoms with Gasteiger partial charge in [-0.3, -0.25) is 15.0 Å². The highest BCUT2D eigenvalue weighted by Crippen LogP contribution is 2.24. The summed E-state index contributed by atoms with van der Waals surface area (Å²) in [6.07, 6.45) is 0. The number of amides is 3. The fourth-order valence-corrected chi connectivity index (χ4v) is 3.30. The Hall–Kier alpha value is -2.93. The van der Waals surface area contributed by atoms with Crippen LogP contribution in [0.1, 0.15) is 11.6 Å². The first-order valence-electron chi connectivity index (χ1n) is 8.90. The van der Waals surface area contributed by atoms with E-state index in [1.807, 2.05) is 30.3 Å². The Morgan fingerprint density at radius 2 is 1.59 bits per heavy atom. The topological polar surface area (TPSA) is 64.7 Å². The molecule has 6 nitrogen and oxygen atoms in total. The van der Waals surface area contributed by atoms with Crippen molar-refractivity contribution in [3.63, 3.8) is 0 Å². The van der Waals surface area contributed by atoms with Crippen LogP contribution >= 0.6 is 0 Å². The number of benzene rings is 2. The molecule has 0 saturated carbocycles. The van der Waals surface area contributed by atoms with Gasteiger partial charge < -0.3 is 10.2 Å². The fraction of sp³-hybridized carbons (Fsp3) is 0.300. The molecule has 1 aliphatic rings. The molecular formula is C20H23FN4O2. The van der Waals surface area contributed by atoms with Crippen LogP contribution in [0.3, 0.4) is 0 Å². The predicted molar refractivity (Wildman–Crippen MR) is 102 cm³/mol. The standard InChI is InChI=1S/C20H23FN4O2/c1-22-20(27)23-19(26)18(15-5-3-2-4-6-15)25-13-11-24(12-14-25)17-9-7-16(21)8-10-17/h2-10,18H,11-14H2,1H3,(H2,22,23,26,27)/t18-/m0/s1. The van der Waals surface area contributed by atoms with Crippen molar-refractivity contribution >= 4 is 17.6 Å². The third kappa shape index (κ3) is 4.62.